The first-order valence-electron chi connectivity index (χ1n) is 3.11. The van der Waals surface area contributed by atoms with E-state index in [4.69, 9.17) is 15.6 Å². The van der Waals surface area contributed by atoms with Crippen molar-refractivity contribution in [1.82, 2.24) is 0 Å². The summed E-state index contributed by atoms with van der Waals surface area (Å²) in [5.74, 6) is -0.772. The second-order valence-corrected chi connectivity index (χ2v) is 2.07. The molecule has 3 N–H and O–H groups in total. The van der Waals surface area contributed by atoms with E-state index in [1.54, 1.807) is 0 Å². The number of rotatable bonds is 5. The maximum atomic E-state index is 10.5. The summed E-state index contributed by atoms with van der Waals surface area (Å²) in [6.07, 6.45) is 0.378. The van der Waals surface area contributed by atoms with Crippen molar-refractivity contribution in [2.24, 2.45) is 11.7 Å². The standard InChI is InChI=1S/C6H13NO3/c1-10-4-5(2-3-8)6(7)9/h5,8H,2-4H2,1H3,(H2,7,9). The molecule has 0 saturated heterocycles. The fraction of sp³-hybridized carbons (Fsp3) is 0.833. The third-order valence-corrected chi connectivity index (χ3v) is 1.25. The number of aliphatic hydroxyl groups is 1. The highest BCUT2D eigenvalue weighted by atomic mass is 16.5. The average Bonchev–Trinajstić information content (AvgIpc) is 1.87. The van der Waals surface area contributed by atoms with Gasteiger partial charge in [0.25, 0.3) is 0 Å². The maximum Gasteiger partial charge on any atom is 0.222 e. The SMILES string of the molecule is COCC(CCO)C(N)=O. The van der Waals surface area contributed by atoms with Crippen LogP contribution in [0.1, 0.15) is 6.42 Å². The fourth-order valence-electron chi connectivity index (χ4n) is 0.665. The van der Waals surface area contributed by atoms with Crippen LogP contribution in [-0.4, -0.2) is 31.3 Å². The van der Waals surface area contributed by atoms with Crippen molar-refractivity contribution in [2.45, 2.75) is 6.42 Å². The van der Waals surface area contributed by atoms with Crippen molar-refractivity contribution in [2.75, 3.05) is 20.3 Å². The first-order chi connectivity index (χ1) is 4.72. The largest absolute Gasteiger partial charge is 0.396 e. The molecule has 0 aliphatic carbocycles. The maximum absolute atomic E-state index is 10.5. The molecule has 4 nitrogen and oxygen atoms in total. The molecule has 0 aromatic heterocycles. The van der Waals surface area contributed by atoms with Crippen molar-refractivity contribution in [3.63, 3.8) is 0 Å². The Morgan fingerprint density at radius 1 is 1.80 bits per heavy atom. The molecule has 0 aliphatic heterocycles. The lowest BCUT2D eigenvalue weighted by Crippen LogP contribution is -2.27. The van der Waals surface area contributed by atoms with Gasteiger partial charge in [-0.3, -0.25) is 4.79 Å². The van der Waals surface area contributed by atoms with Gasteiger partial charge in [0.05, 0.1) is 12.5 Å². The minimum absolute atomic E-state index is 0.0308. The molecular weight excluding hydrogens is 134 g/mol. The van der Waals surface area contributed by atoms with E-state index in [0.29, 0.717) is 6.42 Å². The summed E-state index contributed by atoms with van der Waals surface area (Å²) in [4.78, 5) is 10.5. The van der Waals surface area contributed by atoms with E-state index in [9.17, 15) is 4.79 Å². The number of carbonyl (C=O) groups is 1. The normalized spacial score (nSPS) is 13.0. The highest BCUT2D eigenvalue weighted by molar-refractivity contribution is 5.76. The van der Waals surface area contributed by atoms with E-state index in [-0.39, 0.29) is 19.1 Å². The minimum Gasteiger partial charge on any atom is -0.396 e. The fourth-order valence-corrected chi connectivity index (χ4v) is 0.665. The van der Waals surface area contributed by atoms with Gasteiger partial charge in [-0.05, 0) is 6.42 Å². The molecule has 1 amide bonds. The van der Waals surface area contributed by atoms with Gasteiger partial charge in [-0.2, -0.15) is 0 Å². The molecular formula is C6H13NO3. The van der Waals surface area contributed by atoms with Crippen LogP contribution in [0.5, 0.6) is 0 Å². The number of nitrogens with two attached hydrogens (primary N) is 1. The third kappa shape index (κ3) is 3.42. The van der Waals surface area contributed by atoms with Crippen LogP contribution in [0, 0.1) is 5.92 Å². The Morgan fingerprint density at radius 2 is 2.40 bits per heavy atom. The van der Waals surface area contributed by atoms with Crippen molar-refractivity contribution < 1.29 is 14.6 Å². The minimum atomic E-state index is -0.420. The van der Waals surface area contributed by atoms with Crippen molar-refractivity contribution in [1.29, 1.82) is 0 Å². The number of hydrogen-bond donors (Lipinski definition) is 2. The topological polar surface area (TPSA) is 72.6 Å². The molecule has 10 heavy (non-hydrogen) atoms. The molecule has 1 atom stereocenters. The van der Waals surface area contributed by atoms with Gasteiger partial charge in [-0.1, -0.05) is 0 Å². The molecule has 0 rings (SSSR count). The van der Waals surface area contributed by atoms with Gasteiger partial charge in [0, 0.05) is 13.7 Å². The van der Waals surface area contributed by atoms with E-state index in [1.807, 2.05) is 0 Å². The van der Waals surface area contributed by atoms with Crippen LogP contribution in [0.25, 0.3) is 0 Å². The Kier molecular flexibility index (Phi) is 4.88. The van der Waals surface area contributed by atoms with Gasteiger partial charge in [0.15, 0.2) is 0 Å². The van der Waals surface area contributed by atoms with E-state index in [2.05, 4.69) is 0 Å². The predicted molar refractivity (Wildman–Crippen MR) is 36.3 cm³/mol. The average molecular weight is 147 g/mol. The Hall–Kier alpha value is -0.610. The molecule has 0 fully saturated rings. The van der Waals surface area contributed by atoms with Gasteiger partial charge in [-0.25, -0.2) is 0 Å². The monoisotopic (exact) mass is 147 g/mol. The number of aliphatic hydroxyl groups excluding tert-OH is 1. The lowest BCUT2D eigenvalue weighted by atomic mass is 10.1. The Bertz CT molecular complexity index is 99.2. The molecule has 0 radical (unpaired) electrons. The number of ether oxygens (including phenoxy) is 1. The molecule has 0 aromatic rings. The van der Waals surface area contributed by atoms with Gasteiger partial charge in [0.2, 0.25) is 5.91 Å². The number of hydrogen-bond acceptors (Lipinski definition) is 3. The van der Waals surface area contributed by atoms with E-state index in [1.165, 1.54) is 7.11 Å². The number of primary amides is 1. The third-order valence-electron chi connectivity index (χ3n) is 1.25. The summed E-state index contributed by atoms with van der Waals surface area (Å²) >= 11 is 0. The zero-order valence-electron chi connectivity index (χ0n) is 6.04. The van der Waals surface area contributed by atoms with E-state index < -0.39 is 5.91 Å². The van der Waals surface area contributed by atoms with E-state index >= 15 is 0 Å². The van der Waals surface area contributed by atoms with Gasteiger partial charge < -0.3 is 15.6 Å². The second-order valence-electron chi connectivity index (χ2n) is 2.07. The highest BCUT2D eigenvalue weighted by Gasteiger charge is 2.13. The van der Waals surface area contributed by atoms with Crippen LogP contribution < -0.4 is 5.73 Å². The van der Waals surface area contributed by atoms with Crippen molar-refractivity contribution in [3.8, 4) is 0 Å². The number of amides is 1. The molecule has 0 spiro atoms. The second kappa shape index (κ2) is 5.20. The lowest BCUT2D eigenvalue weighted by Gasteiger charge is -2.08. The Morgan fingerprint density at radius 3 is 2.70 bits per heavy atom. The molecule has 0 aromatic carbocycles. The summed E-state index contributed by atoms with van der Waals surface area (Å²) in [5, 5.41) is 8.45. The van der Waals surface area contributed by atoms with Gasteiger partial charge in [0.1, 0.15) is 0 Å². The van der Waals surface area contributed by atoms with Gasteiger partial charge in [-0.15, -0.1) is 0 Å². The lowest BCUT2D eigenvalue weighted by molar-refractivity contribution is -0.123. The number of methoxy groups -OCH3 is 1. The van der Waals surface area contributed by atoms with Gasteiger partial charge >= 0.3 is 0 Å². The van der Waals surface area contributed by atoms with Crippen LogP contribution in [0.3, 0.4) is 0 Å². The smallest absolute Gasteiger partial charge is 0.222 e. The molecule has 0 bridgehead atoms. The van der Waals surface area contributed by atoms with Crippen molar-refractivity contribution >= 4 is 5.91 Å². The van der Waals surface area contributed by atoms with Crippen molar-refractivity contribution in [3.05, 3.63) is 0 Å². The molecule has 4 heteroatoms. The van der Waals surface area contributed by atoms with E-state index in [0.717, 1.165) is 0 Å². The first kappa shape index (κ1) is 9.39. The molecule has 0 aliphatic rings. The molecule has 1 unspecified atom stereocenters. The zero-order chi connectivity index (χ0) is 7.98. The molecule has 0 heterocycles. The van der Waals surface area contributed by atoms with Crippen LogP contribution >= 0.6 is 0 Å². The summed E-state index contributed by atoms with van der Waals surface area (Å²) < 4.78 is 4.71. The zero-order valence-corrected chi connectivity index (χ0v) is 6.04. The summed E-state index contributed by atoms with van der Waals surface area (Å²) in [5.41, 5.74) is 4.98. The summed E-state index contributed by atoms with van der Waals surface area (Å²) in [7, 11) is 1.49. The summed E-state index contributed by atoms with van der Waals surface area (Å²) in [6.45, 7) is 0.257. The molecule has 60 valence electrons. The van der Waals surface area contributed by atoms with Crippen LogP contribution in [0.2, 0.25) is 0 Å². The number of carbonyl (C=O) groups excluding carboxylic acids is 1. The predicted octanol–water partition coefficient (Wildman–Crippen LogP) is -0.883. The highest BCUT2D eigenvalue weighted by Crippen LogP contribution is 2.00. The Labute approximate surface area is 60.0 Å². The molecule has 0 saturated carbocycles. The van der Waals surface area contributed by atoms with Crippen LogP contribution in [0.4, 0.5) is 0 Å². The van der Waals surface area contributed by atoms with Crippen LogP contribution in [-0.2, 0) is 9.53 Å². The summed E-state index contributed by atoms with van der Waals surface area (Å²) in [6, 6.07) is 0. The quantitative estimate of drug-likeness (QED) is 0.530. The van der Waals surface area contributed by atoms with Crippen LogP contribution in [0.15, 0.2) is 0 Å². The first-order valence-corrected chi connectivity index (χ1v) is 3.11. The Balaban J connectivity index is 3.61.